The van der Waals surface area contributed by atoms with Crippen LogP contribution in [-0.2, 0) is 11.4 Å². The Labute approximate surface area is 70.4 Å². The predicted molar refractivity (Wildman–Crippen MR) is 45.3 cm³/mol. The van der Waals surface area contributed by atoms with Crippen molar-refractivity contribution in [1.29, 1.82) is 0 Å². The van der Waals surface area contributed by atoms with Gasteiger partial charge in [0.25, 0.3) is 0 Å². The molecule has 62 valence electrons. The van der Waals surface area contributed by atoms with E-state index in [4.69, 9.17) is 5.11 Å². The maximum absolute atomic E-state index is 9.97. The number of pyridine rings is 1. The van der Waals surface area contributed by atoms with Crippen LogP contribution in [0.15, 0.2) is 24.3 Å². The van der Waals surface area contributed by atoms with E-state index in [-0.39, 0.29) is 6.61 Å². The Kier molecular flexibility index (Phi) is 3.17. The first-order chi connectivity index (χ1) is 5.86. The zero-order valence-electron chi connectivity index (χ0n) is 6.47. The number of allylic oxidation sites excluding steroid dienone is 1. The van der Waals surface area contributed by atoms with Crippen LogP contribution in [0.5, 0.6) is 0 Å². The summed E-state index contributed by atoms with van der Waals surface area (Å²) in [7, 11) is 0. The molecule has 0 unspecified atom stereocenters. The van der Waals surface area contributed by atoms with Gasteiger partial charge in [-0.15, -0.1) is 0 Å². The van der Waals surface area contributed by atoms with Crippen molar-refractivity contribution >= 4 is 12.4 Å². The molecule has 0 aromatic carbocycles. The van der Waals surface area contributed by atoms with Gasteiger partial charge in [0.15, 0.2) is 0 Å². The van der Waals surface area contributed by atoms with E-state index in [2.05, 4.69) is 4.98 Å². The van der Waals surface area contributed by atoms with E-state index in [1.165, 1.54) is 6.08 Å². The monoisotopic (exact) mass is 163 g/mol. The number of aliphatic hydroxyl groups excluding tert-OH is 1. The first kappa shape index (κ1) is 8.62. The summed E-state index contributed by atoms with van der Waals surface area (Å²) in [6.45, 7) is -0.0806. The number of rotatable bonds is 3. The second-order valence-electron chi connectivity index (χ2n) is 2.21. The molecular weight excluding hydrogens is 154 g/mol. The second kappa shape index (κ2) is 4.41. The molecule has 12 heavy (non-hydrogen) atoms. The highest BCUT2D eigenvalue weighted by atomic mass is 16.3. The smallest absolute Gasteiger partial charge is 0.142 e. The van der Waals surface area contributed by atoms with E-state index in [9.17, 15) is 4.79 Å². The topological polar surface area (TPSA) is 50.2 Å². The van der Waals surface area contributed by atoms with E-state index in [0.717, 1.165) is 0 Å². The van der Waals surface area contributed by atoms with Gasteiger partial charge in [-0.3, -0.25) is 9.78 Å². The highest BCUT2D eigenvalue weighted by Crippen LogP contribution is 2.00. The quantitative estimate of drug-likeness (QED) is 0.529. The van der Waals surface area contributed by atoms with Gasteiger partial charge < -0.3 is 5.11 Å². The third-order valence-corrected chi connectivity index (χ3v) is 1.34. The molecule has 0 aliphatic carbocycles. The van der Waals surface area contributed by atoms with Crippen molar-refractivity contribution in [3.63, 3.8) is 0 Å². The van der Waals surface area contributed by atoms with Crippen molar-refractivity contribution in [3.05, 3.63) is 35.7 Å². The summed E-state index contributed by atoms with van der Waals surface area (Å²) in [4.78, 5) is 14.0. The lowest BCUT2D eigenvalue weighted by Crippen LogP contribution is -1.89. The molecule has 0 amide bonds. The molecule has 0 radical (unpaired) electrons. The van der Waals surface area contributed by atoms with E-state index in [1.54, 1.807) is 24.3 Å². The molecule has 1 heterocycles. The molecule has 0 saturated heterocycles. The summed E-state index contributed by atoms with van der Waals surface area (Å²) in [6, 6.07) is 5.26. The molecule has 0 atom stereocenters. The van der Waals surface area contributed by atoms with Crippen LogP contribution in [0.3, 0.4) is 0 Å². The number of aldehydes is 1. The van der Waals surface area contributed by atoms with Crippen LogP contribution in [-0.4, -0.2) is 16.4 Å². The molecule has 0 spiro atoms. The fraction of sp³-hybridized carbons (Fsp3) is 0.111. The van der Waals surface area contributed by atoms with E-state index in [0.29, 0.717) is 17.7 Å². The van der Waals surface area contributed by atoms with Crippen molar-refractivity contribution in [2.45, 2.75) is 6.61 Å². The molecular formula is C9H9NO2. The highest BCUT2D eigenvalue weighted by Gasteiger charge is 1.91. The number of carbonyl (C=O) groups excluding carboxylic acids is 1. The average Bonchev–Trinajstić information content (AvgIpc) is 2.15. The zero-order chi connectivity index (χ0) is 8.81. The third kappa shape index (κ3) is 2.29. The molecule has 1 rings (SSSR count). The maximum Gasteiger partial charge on any atom is 0.142 e. The van der Waals surface area contributed by atoms with Crippen molar-refractivity contribution in [2.75, 3.05) is 0 Å². The summed E-state index contributed by atoms with van der Waals surface area (Å²) in [5.74, 6) is 0. The lowest BCUT2D eigenvalue weighted by Gasteiger charge is -1.95. The minimum Gasteiger partial charge on any atom is -0.390 e. The standard InChI is InChI=1S/C9H9NO2/c11-6-2-5-8-3-1-4-9(7-12)10-8/h1-6,12H,7H2. The maximum atomic E-state index is 9.97. The third-order valence-electron chi connectivity index (χ3n) is 1.34. The Balaban J connectivity index is 2.86. The van der Waals surface area contributed by atoms with E-state index >= 15 is 0 Å². The molecule has 3 nitrogen and oxygen atoms in total. The van der Waals surface area contributed by atoms with Gasteiger partial charge >= 0.3 is 0 Å². The molecule has 1 N–H and O–H groups in total. The number of hydrogen-bond donors (Lipinski definition) is 1. The number of aromatic nitrogens is 1. The van der Waals surface area contributed by atoms with Gasteiger partial charge in [-0.2, -0.15) is 0 Å². The Morgan fingerprint density at radius 2 is 2.33 bits per heavy atom. The van der Waals surface area contributed by atoms with Gasteiger partial charge in [0.2, 0.25) is 0 Å². The van der Waals surface area contributed by atoms with Gasteiger partial charge in [0, 0.05) is 0 Å². The fourth-order valence-electron chi connectivity index (χ4n) is 0.817. The summed E-state index contributed by atoms with van der Waals surface area (Å²) >= 11 is 0. The Bertz CT molecular complexity index is 294. The minimum atomic E-state index is -0.0806. The second-order valence-corrected chi connectivity index (χ2v) is 2.21. The molecule has 3 heteroatoms. The van der Waals surface area contributed by atoms with Crippen LogP contribution in [0, 0.1) is 0 Å². The normalized spacial score (nSPS) is 10.4. The van der Waals surface area contributed by atoms with Gasteiger partial charge in [0.1, 0.15) is 6.29 Å². The van der Waals surface area contributed by atoms with Crippen molar-refractivity contribution < 1.29 is 9.90 Å². The van der Waals surface area contributed by atoms with Crippen molar-refractivity contribution in [3.8, 4) is 0 Å². The first-order valence-corrected chi connectivity index (χ1v) is 3.55. The van der Waals surface area contributed by atoms with Crippen LogP contribution in [0.4, 0.5) is 0 Å². The Hall–Kier alpha value is -1.48. The predicted octanol–water partition coefficient (Wildman–Crippen LogP) is 0.786. The molecule has 0 aliphatic heterocycles. The Morgan fingerprint density at radius 1 is 1.50 bits per heavy atom. The number of carbonyl (C=O) groups is 1. The van der Waals surface area contributed by atoms with E-state index in [1.807, 2.05) is 0 Å². The van der Waals surface area contributed by atoms with Crippen LogP contribution >= 0.6 is 0 Å². The van der Waals surface area contributed by atoms with Gasteiger partial charge in [0.05, 0.1) is 18.0 Å². The number of nitrogens with zero attached hydrogens (tertiary/aromatic N) is 1. The number of hydrogen-bond acceptors (Lipinski definition) is 3. The SMILES string of the molecule is O=CC=Cc1cccc(CO)n1. The van der Waals surface area contributed by atoms with Crippen LogP contribution in [0.2, 0.25) is 0 Å². The summed E-state index contributed by atoms with van der Waals surface area (Å²) < 4.78 is 0. The summed E-state index contributed by atoms with van der Waals surface area (Å²) in [6.07, 6.45) is 3.64. The van der Waals surface area contributed by atoms with Crippen LogP contribution in [0.25, 0.3) is 6.08 Å². The largest absolute Gasteiger partial charge is 0.390 e. The molecule has 1 aromatic heterocycles. The molecule has 0 aliphatic rings. The highest BCUT2D eigenvalue weighted by molar-refractivity contribution is 5.72. The molecule has 0 saturated carbocycles. The van der Waals surface area contributed by atoms with Gasteiger partial charge in [-0.25, -0.2) is 0 Å². The molecule has 0 bridgehead atoms. The van der Waals surface area contributed by atoms with E-state index < -0.39 is 0 Å². The van der Waals surface area contributed by atoms with Crippen molar-refractivity contribution in [1.82, 2.24) is 4.98 Å². The fourth-order valence-corrected chi connectivity index (χ4v) is 0.817. The van der Waals surface area contributed by atoms with Gasteiger partial charge in [-0.05, 0) is 24.3 Å². The van der Waals surface area contributed by atoms with Gasteiger partial charge in [-0.1, -0.05) is 6.07 Å². The lowest BCUT2D eigenvalue weighted by atomic mass is 10.3. The Morgan fingerprint density at radius 3 is 3.00 bits per heavy atom. The molecule has 0 fully saturated rings. The van der Waals surface area contributed by atoms with Crippen LogP contribution < -0.4 is 0 Å². The number of aliphatic hydroxyl groups is 1. The summed E-state index contributed by atoms with van der Waals surface area (Å²) in [5.41, 5.74) is 1.27. The van der Waals surface area contributed by atoms with Crippen molar-refractivity contribution in [2.24, 2.45) is 0 Å². The average molecular weight is 163 g/mol. The first-order valence-electron chi connectivity index (χ1n) is 3.55. The lowest BCUT2D eigenvalue weighted by molar-refractivity contribution is -0.104. The zero-order valence-corrected chi connectivity index (χ0v) is 6.47. The van der Waals surface area contributed by atoms with Crippen LogP contribution in [0.1, 0.15) is 11.4 Å². The minimum absolute atomic E-state index is 0.0806. The molecule has 1 aromatic rings. The summed E-state index contributed by atoms with van der Waals surface area (Å²) in [5, 5.41) is 8.73.